The summed E-state index contributed by atoms with van der Waals surface area (Å²) in [6.07, 6.45) is -0.663. The lowest BCUT2D eigenvalue weighted by Crippen LogP contribution is -2.55. The van der Waals surface area contributed by atoms with Crippen molar-refractivity contribution in [1.29, 1.82) is 0 Å². The second-order valence-electron chi connectivity index (χ2n) is 7.78. The van der Waals surface area contributed by atoms with Gasteiger partial charge in [0.1, 0.15) is 12.4 Å². The Hall–Kier alpha value is -3.40. The maximum Gasteiger partial charge on any atom is 0.267 e. The lowest BCUT2D eigenvalue weighted by Gasteiger charge is -2.37. The van der Waals surface area contributed by atoms with E-state index >= 15 is 0 Å². The number of fused-ring (bicyclic) bond motifs is 2. The van der Waals surface area contributed by atoms with Gasteiger partial charge < -0.3 is 29.0 Å². The average Bonchev–Trinajstić information content (AvgIpc) is 3.28. The number of aromatic amines is 1. The Bertz CT molecular complexity index is 1170. The number of carbonyl (C=O) groups is 2. The topological polar surface area (TPSA) is 97.0 Å². The molecule has 0 saturated carbocycles. The predicted octanol–water partition coefficient (Wildman–Crippen LogP) is 2.17. The van der Waals surface area contributed by atoms with Gasteiger partial charge in [-0.15, -0.1) is 0 Å². The summed E-state index contributed by atoms with van der Waals surface area (Å²) in [6, 6.07) is 12.9. The Labute approximate surface area is 195 Å². The molecule has 0 aliphatic carbocycles. The molecule has 1 aromatic heterocycles. The molecule has 5 rings (SSSR count). The van der Waals surface area contributed by atoms with Crippen LogP contribution in [0.2, 0.25) is 0 Å². The number of hydrogen-bond donors (Lipinski definition) is 1. The number of H-pyrrole nitrogens is 1. The highest BCUT2D eigenvalue weighted by atomic mass is 32.2. The van der Waals surface area contributed by atoms with Crippen molar-refractivity contribution >= 4 is 34.6 Å². The van der Waals surface area contributed by atoms with E-state index in [1.54, 1.807) is 23.0 Å². The molecule has 33 heavy (non-hydrogen) atoms. The molecule has 1 atom stereocenters. The molecule has 0 spiro atoms. The molecule has 0 radical (unpaired) electrons. The van der Waals surface area contributed by atoms with E-state index in [1.165, 1.54) is 11.8 Å². The summed E-state index contributed by atoms with van der Waals surface area (Å²) in [4.78, 5) is 36.8. The molecule has 3 aromatic rings. The Morgan fingerprint density at radius 1 is 1.12 bits per heavy atom. The number of piperazine rings is 1. The average molecular weight is 469 g/mol. The van der Waals surface area contributed by atoms with Crippen molar-refractivity contribution in [2.24, 2.45) is 0 Å². The van der Waals surface area contributed by atoms with Crippen LogP contribution in [0.5, 0.6) is 17.2 Å². The summed E-state index contributed by atoms with van der Waals surface area (Å²) in [7, 11) is 1.62. The first-order valence-corrected chi connectivity index (χ1v) is 11.7. The number of nitrogens with one attached hydrogen (secondary N) is 1. The Kier molecular flexibility index (Phi) is 5.99. The molecule has 2 aliphatic heterocycles. The van der Waals surface area contributed by atoms with E-state index in [-0.39, 0.29) is 24.2 Å². The van der Waals surface area contributed by atoms with E-state index in [4.69, 9.17) is 14.2 Å². The minimum absolute atomic E-state index is 0.0244. The van der Waals surface area contributed by atoms with Crippen molar-refractivity contribution < 1.29 is 23.8 Å². The molecule has 0 bridgehead atoms. The molecule has 1 saturated heterocycles. The van der Waals surface area contributed by atoms with E-state index in [1.807, 2.05) is 36.4 Å². The van der Waals surface area contributed by atoms with E-state index in [9.17, 15) is 9.59 Å². The molecular formula is C23H24N4O5S. The van der Waals surface area contributed by atoms with Crippen LogP contribution >= 0.6 is 11.8 Å². The number of amides is 2. The summed E-state index contributed by atoms with van der Waals surface area (Å²) >= 11 is 1.37. The maximum atomic E-state index is 12.9. The third-order valence-corrected chi connectivity index (χ3v) is 6.59. The molecule has 2 aromatic carbocycles. The molecule has 9 nitrogen and oxygen atoms in total. The molecular weight excluding hydrogens is 444 g/mol. The molecule has 10 heteroatoms. The van der Waals surface area contributed by atoms with Gasteiger partial charge in [0.2, 0.25) is 12.0 Å². The molecule has 1 unspecified atom stereocenters. The number of hydrogen-bond acceptors (Lipinski definition) is 7. The largest absolute Gasteiger partial charge is 0.497 e. The van der Waals surface area contributed by atoms with Crippen molar-refractivity contribution in [2.45, 2.75) is 11.3 Å². The number of imidazole rings is 1. The van der Waals surface area contributed by atoms with Crippen LogP contribution in [0, 0.1) is 0 Å². The fraction of sp³-hybridized carbons (Fsp3) is 0.348. The van der Waals surface area contributed by atoms with Crippen LogP contribution in [0.1, 0.15) is 0 Å². The Morgan fingerprint density at radius 2 is 1.88 bits per heavy atom. The zero-order valence-corrected chi connectivity index (χ0v) is 19.0. The lowest BCUT2D eigenvalue weighted by molar-refractivity contribution is -0.145. The summed E-state index contributed by atoms with van der Waals surface area (Å²) in [6.45, 7) is 2.12. The van der Waals surface area contributed by atoms with Gasteiger partial charge in [-0.3, -0.25) is 9.59 Å². The van der Waals surface area contributed by atoms with Gasteiger partial charge in [0.05, 0.1) is 23.9 Å². The van der Waals surface area contributed by atoms with Crippen molar-refractivity contribution in [1.82, 2.24) is 19.8 Å². The molecule has 1 N–H and O–H groups in total. The number of ether oxygens (including phenoxy) is 3. The van der Waals surface area contributed by atoms with Crippen LogP contribution in [-0.2, 0) is 9.59 Å². The van der Waals surface area contributed by atoms with Crippen molar-refractivity contribution in [3.8, 4) is 17.2 Å². The smallest absolute Gasteiger partial charge is 0.267 e. The SMILES string of the molecule is COc1ccc2nc(SCC(=O)N3CCN(C(=O)C4COc5ccccc5O4)CC3)[nH]c2c1. The third kappa shape index (κ3) is 4.56. The van der Waals surface area contributed by atoms with E-state index < -0.39 is 6.10 Å². The summed E-state index contributed by atoms with van der Waals surface area (Å²) in [5.74, 6) is 2.18. The number of rotatable bonds is 5. The summed E-state index contributed by atoms with van der Waals surface area (Å²) in [5.41, 5.74) is 1.70. The molecule has 1 fully saturated rings. The van der Waals surface area contributed by atoms with Gasteiger partial charge in [-0.1, -0.05) is 23.9 Å². The van der Waals surface area contributed by atoms with Gasteiger partial charge in [-0.25, -0.2) is 4.98 Å². The standard InChI is InChI=1S/C23H24N4O5S/c1-30-15-6-7-16-17(12-15)25-23(24-16)33-14-21(28)26-8-10-27(11-9-26)22(29)20-13-31-18-4-2-3-5-19(18)32-20/h2-7,12,20H,8-11,13-14H2,1H3,(H,24,25). The second-order valence-corrected chi connectivity index (χ2v) is 8.75. The second kappa shape index (κ2) is 9.22. The maximum absolute atomic E-state index is 12.9. The first kappa shape index (κ1) is 21.4. The van der Waals surface area contributed by atoms with Gasteiger partial charge in [0.15, 0.2) is 16.7 Å². The van der Waals surface area contributed by atoms with Gasteiger partial charge in [0.25, 0.3) is 5.91 Å². The number of para-hydroxylation sites is 2. The quantitative estimate of drug-likeness (QED) is 0.573. The molecule has 3 heterocycles. The van der Waals surface area contributed by atoms with Crippen LogP contribution in [0.4, 0.5) is 0 Å². The Balaban J connectivity index is 1.11. The summed E-state index contributed by atoms with van der Waals surface area (Å²) < 4.78 is 16.7. The number of carbonyl (C=O) groups excluding carboxylic acids is 2. The molecule has 172 valence electrons. The van der Waals surface area contributed by atoms with E-state index in [0.717, 1.165) is 16.8 Å². The van der Waals surface area contributed by atoms with Crippen LogP contribution < -0.4 is 14.2 Å². The minimum Gasteiger partial charge on any atom is -0.497 e. The van der Waals surface area contributed by atoms with Crippen LogP contribution in [0.3, 0.4) is 0 Å². The monoisotopic (exact) mass is 468 g/mol. The first-order chi connectivity index (χ1) is 16.1. The zero-order valence-electron chi connectivity index (χ0n) is 18.2. The number of thioether (sulfide) groups is 1. The van der Waals surface area contributed by atoms with Gasteiger partial charge >= 0.3 is 0 Å². The van der Waals surface area contributed by atoms with Gasteiger partial charge in [0, 0.05) is 32.2 Å². The highest BCUT2D eigenvalue weighted by Gasteiger charge is 2.33. The zero-order chi connectivity index (χ0) is 22.8. The normalized spacial score (nSPS) is 17.8. The Morgan fingerprint density at radius 3 is 2.67 bits per heavy atom. The summed E-state index contributed by atoms with van der Waals surface area (Å²) in [5, 5.41) is 0.690. The van der Waals surface area contributed by atoms with E-state index in [2.05, 4.69) is 9.97 Å². The number of methoxy groups -OCH3 is 1. The predicted molar refractivity (Wildman–Crippen MR) is 123 cm³/mol. The fourth-order valence-corrected chi connectivity index (χ4v) is 4.69. The minimum atomic E-state index is -0.663. The van der Waals surface area contributed by atoms with Gasteiger partial charge in [-0.05, 0) is 24.3 Å². The van der Waals surface area contributed by atoms with E-state index in [0.29, 0.717) is 42.8 Å². The number of aromatic nitrogens is 2. The van der Waals surface area contributed by atoms with Crippen molar-refractivity contribution in [3.63, 3.8) is 0 Å². The van der Waals surface area contributed by atoms with Crippen molar-refractivity contribution in [2.75, 3.05) is 45.6 Å². The van der Waals surface area contributed by atoms with Crippen LogP contribution in [-0.4, -0.2) is 83.3 Å². The molecule has 2 aliphatic rings. The highest BCUT2D eigenvalue weighted by molar-refractivity contribution is 7.99. The lowest BCUT2D eigenvalue weighted by atomic mass is 10.2. The first-order valence-electron chi connectivity index (χ1n) is 10.7. The third-order valence-electron chi connectivity index (χ3n) is 5.73. The molecule has 2 amide bonds. The van der Waals surface area contributed by atoms with Crippen molar-refractivity contribution in [3.05, 3.63) is 42.5 Å². The van der Waals surface area contributed by atoms with Crippen LogP contribution in [0.15, 0.2) is 47.6 Å². The van der Waals surface area contributed by atoms with Gasteiger partial charge in [-0.2, -0.15) is 0 Å². The number of nitrogens with zero attached hydrogens (tertiary/aromatic N) is 3. The number of benzene rings is 2. The highest BCUT2D eigenvalue weighted by Crippen LogP contribution is 2.31. The fourth-order valence-electron chi connectivity index (χ4n) is 3.90. The van der Waals surface area contributed by atoms with Crippen LogP contribution in [0.25, 0.3) is 11.0 Å².